The van der Waals surface area contributed by atoms with E-state index in [-0.39, 0.29) is 5.91 Å². The van der Waals surface area contributed by atoms with Crippen molar-refractivity contribution in [3.63, 3.8) is 0 Å². The Balaban J connectivity index is 1.72. The molecule has 26 heavy (non-hydrogen) atoms. The first-order valence-electron chi connectivity index (χ1n) is 8.51. The molecule has 3 aromatic rings. The Kier molecular flexibility index (Phi) is 5.76. The van der Waals surface area contributed by atoms with E-state index in [1.165, 1.54) is 0 Å². The van der Waals surface area contributed by atoms with Gasteiger partial charge in [0.05, 0.1) is 17.6 Å². The molecule has 1 amide bonds. The molecule has 2 heterocycles. The van der Waals surface area contributed by atoms with Gasteiger partial charge in [-0.15, -0.1) is 0 Å². The number of pyridine rings is 2. The van der Waals surface area contributed by atoms with Crippen LogP contribution in [-0.2, 0) is 4.74 Å². The van der Waals surface area contributed by atoms with E-state index in [1.54, 1.807) is 18.3 Å². The summed E-state index contributed by atoms with van der Waals surface area (Å²) in [6, 6.07) is 12.8. The topological polar surface area (TPSA) is 73.3 Å². The number of nitrogens with one attached hydrogen (secondary N) is 1. The van der Waals surface area contributed by atoms with Gasteiger partial charge in [-0.05, 0) is 49.7 Å². The Morgan fingerprint density at radius 3 is 2.85 bits per heavy atom. The summed E-state index contributed by atoms with van der Waals surface area (Å²) in [7, 11) is 0. The summed E-state index contributed by atoms with van der Waals surface area (Å²) in [4.78, 5) is 21.3. The Morgan fingerprint density at radius 1 is 1.12 bits per heavy atom. The number of rotatable bonds is 7. The molecule has 2 aromatic heterocycles. The maximum atomic E-state index is 12.6. The van der Waals surface area contributed by atoms with E-state index in [9.17, 15) is 4.79 Å². The summed E-state index contributed by atoms with van der Waals surface area (Å²) in [5.41, 5.74) is 3.27. The third-order valence-corrected chi connectivity index (χ3v) is 3.78. The maximum Gasteiger partial charge on any atom is 0.274 e. The normalized spacial score (nSPS) is 10.7. The number of ether oxygens (including phenoxy) is 2. The third kappa shape index (κ3) is 4.34. The molecule has 6 nitrogen and oxygen atoms in total. The van der Waals surface area contributed by atoms with Gasteiger partial charge in [-0.1, -0.05) is 6.07 Å². The smallest absolute Gasteiger partial charge is 0.274 e. The van der Waals surface area contributed by atoms with Gasteiger partial charge in [0, 0.05) is 24.6 Å². The highest BCUT2D eigenvalue weighted by atomic mass is 16.5. The summed E-state index contributed by atoms with van der Waals surface area (Å²) in [6.07, 6.45) is 1.71. The second-order valence-electron chi connectivity index (χ2n) is 5.72. The fourth-order valence-corrected chi connectivity index (χ4v) is 2.54. The van der Waals surface area contributed by atoms with Crippen LogP contribution in [0.3, 0.4) is 0 Å². The largest absolute Gasteiger partial charge is 0.491 e. The Morgan fingerprint density at radius 2 is 2.00 bits per heavy atom. The fraction of sp³-hybridized carbons (Fsp3) is 0.250. The van der Waals surface area contributed by atoms with Gasteiger partial charge in [0.1, 0.15) is 18.1 Å². The number of carbonyl (C=O) groups is 1. The predicted octanol–water partition coefficient (Wildman–Crippen LogP) is 3.61. The molecule has 1 N–H and O–H groups in total. The quantitative estimate of drug-likeness (QED) is 0.658. The minimum absolute atomic E-state index is 0.264. The van der Waals surface area contributed by atoms with Crippen LogP contribution in [0.2, 0.25) is 0 Å². The van der Waals surface area contributed by atoms with E-state index >= 15 is 0 Å². The Bertz CT molecular complexity index is 912. The van der Waals surface area contributed by atoms with E-state index in [0.29, 0.717) is 42.5 Å². The number of carbonyl (C=O) groups excluding carboxylic acids is 1. The molecule has 0 unspecified atom stereocenters. The van der Waals surface area contributed by atoms with Crippen molar-refractivity contribution in [2.75, 3.05) is 25.1 Å². The molecule has 1 aromatic carbocycles. The van der Waals surface area contributed by atoms with Crippen molar-refractivity contribution in [1.29, 1.82) is 0 Å². The molecule has 0 fully saturated rings. The van der Waals surface area contributed by atoms with Gasteiger partial charge < -0.3 is 14.8 Å². The zero-order valence-electron chi connectivity index (χ0n) is 14.9. The zero-order chi connectivity index (χ0) is 18.4. The fourth-order valence-electron chi connectivity index (χ4n) is 2.54. The van der Waals surface area contributed by atoms with Crippen LogP contribution in [0.25, 0.3) is 11.0 Å². The highest BCUT2D eigenvalue weighted by molar-refractivity contribution is 6.05. The molecule has 6 heteroatoms. The summed E-state index contributed by atoms with van der Waals surface area (Å²) in [5.74, 6) is 0.412. The molecule has 0 aliphatic heterocycles. The van der Waals surface area contributed by atoms with E-state index < -0.39 is 0 Å². The standard InChI is InChI=1S/C20H21N3O3/c1-3-25-10-11-26-16-7-4-6-15(13-16)22-20(24)19-14(2)12-18-17(23-19)8-5-9-21-18/h4-9,12-13H,3,10-11H2,1-2H3,(H,22,24). The first kappa shape index (κ1) is 17.8. The molecule has 0 aliphatic carbocycles. The molecule has 0 aliphatic rings. The SMILES string of the molecule is CCOCCOc1cccc(NC(=O)c2nc3cccnc3cc2C)c1. The van der Waals surface area contributed by atoms with Crippen molar-refractivity contribution in [2.24, 2.45) is 0 Å². The number of nitrogens with zero attached hydrogens (tertiary/aromatic N) is 2. The van der Waals surface area contributed by atoms with Gasteiger partial charge in [-0.25, -0.2) is 4.98 Å². The molecule has 134 valence electrons. The van der Waals surface area contributed by atoms with Crippen LogP contribution in [0.15, 0.2) is 48.7 Å². The minimum atomic E-state index is -0.264. The van der Waals surface area contributed by atoms with Crippen molar-refractivity contribution in [1.82, 2.24) is 9.97 Å². The van der Waals surface area contributed by atoms with Crippen LogP contribution < -0.4 is 10.1 Å². The molecule has 0 atom stereocenters. The van der Waals surface area contributed by atoms with Crippen molar-refractivity contribution >= 4 is 22.6 Å². The van der Waals surface area contributed by atoms with Gasteiger partial charge in [0.2, 0.25) is 0 Å². The summed E-state index contributed by atoms with van der Waals surface area (Å²) < 4.78 is 10.9. The zero-order valence-corrected chi connectivity index (χ0v) is 14.9. The molecular weight excluding hydrogens is 330 g/mol. The number of fused-ring (bicyclic) bond motifs is 1. The minimum Gasteiger partial charge on any atom is -0.491 e. The average molecular weight is 351 g/mol. The van der Waals surface area contributed by atoms with E-state index in [0.717, 1.165) is 11.1 Å². The first-order valence-corrected chi connectivity index (χ1v) is 8.51. The Hall–Kier alpha value is -2.99. The van der Waals surface area contributed by atoms with E-state index in [2.05, 4.69) is 15.3 Å². The molecule has 3 rings (SSSR count). The maximum absolute atomic E-state index is 12.6. The van der Waals surface area contributed by atoms with Crippen LogP contribution >= 0.6 is 0 Å². The van der Waals surface area contributed by atoms with Gasteiger partial charge in [-0.3, -0.25) is 9.78 Å². The molecule has 0 bridgehead atoms. The molecule has 0 saturated heterocycles. The molecule has 0 radical (unpaired) electrons. The van der Waals surface area contributed by atoms with Crippen LogP contribution in [0.4, 0.5) is 5.69 Å². The summed E-state index contributed by atoms with van der Waals surface area (Å²) >= 11 is 0. The molecule has 0 spiro atoms. The van der Waals surface area contributed by atoms with Crippen LogP contribution in [-0.4, -0.2) is 35.7 Å². The average Bonchev–Trinajstić information content (AvgIpc) is 2.65. The summed E-state index contributed by atoms with van der Waals surface area (Å²) in [5, 5.41) is 2.87. The van der Waals surface area contributed by atoms with Gasteiger partial charge in [-0.2, -0.15) is 0 Å². The number of hydrogen-bond acceptors (Lipinski definition) is 5. The van der Waals surface area contributed by atoms with Crippen molar-refractivity contribution in [2.45, 2.75) is 13.8 Å². The lowest BCUT2D eigenvalue weighted by Crippen LogP contribution is -2.15. The van der Waals surface area contributed by atoms with E-state index in [1.807, 2.05) is 44.2 Å². The van der Waals surface area contributed by atoms with Crippen LogP contribution in [0.5, 0.6) is 5.75 Å². The van der Waals surface area contributed by atoms with Crippen molar-refractivity contribution in [3.8, 4) is 5.75 Å². The number of benzene rings is 1. The van der Waals surface area contributed by atoms with E-state index in [4.69, 9.17) is 9.47 Å². The lowest BCUT2D eigenvalue weighted by Gasteiger charge is -2.10. The second-order valence-corrected chi connectivity index (χ2v) is 5.72. The number of anilines is 1. The first-order chi connectivity index (χ1) is 12.7. The highest BCUT2D eigenvalue weighted by Crippen LogP contribution is 2.19. The lowest BCUT2D eigenvalue weighted by atomic mass is 10.1. The second kappa shape index (κ2) is 8.40. The summed E-state index contributed by atoms with van der Waals surface area (Å²) in [6.45, 7) is 5.44. The Labute approximate surface area is 152 Å². The molecule has 0 saturated carbocycles. The molecular formula is C20H21N3O3. The number of aromatic nitrogens is 2. The van der Waals surface area contributed by atoms with Gasteiger partial charge >= 0.3 is 0 Å². The monoisotopic (exact) mass is 351 g/mol. The van der Waals surface area contributed by atoms with Crippen LogP contribution in [0, 0.1) is 6.92 Å². The number of hydrogen-bond donors (Lipinski definition) is 1. The van der Waals surface area contributed by atoms with Gasteiger partial charge in [0.25, 0.3) is 5.91 Å². The predicted molar refractivity (Wildman–Crippen MR) is 101 cm³/mol. The number of aryl methyl sites for hydroxylation is 1. The van der Waals surface area contributed by atoms with Crippen LogP contribution in [0.1, 0.15) is 23.0 Å². The van der Waals surface area contributed by atoms with Crippen molar-refractivity contribution in [3.05, 3.63) is 59.9 Å². The lowest BCUT2D eigenvalue weighted by molar-refractivity contribution is 0.102. The van der Waals surface area contributed by atoms with Crippen molar-refractivity contribution < 1.29 is 14.3 Å². The van der Waals surface area contributed by atoms with Gasteiger partial charge in [0.15, 0.2) is 0 Å². The number of amides is 1. The highest BCUT2D eigenvalue weighted by Gasteiger charge is 2.13. The third-order valence-electron chi connectivity index (χ3n) is 3.78.